The molecule has 192 valence electrons. The van der Waals surface area contributed by atoms with Gasteiger partial charge in [-0.3, -0.25) is 15.0 Å². The molecule has 0 radical (unpaired) electrons. The fourth-order valence-corrected chi connectivity index (χ4v) is 5.53. The number of ether oxygens (including phenoxy) is 1. The zero-order valence-electron chi connectivity index (χ0n) is 21.4. The van der Waals surface area contributed by atoms with Crippen molar-refractivity contribution in [3.8, 4) is 5.69 Å². The smallest absolute Gasteiger partial charge is 0.283 e. The number of rotatable bonds is 5. The Morgan fingerprint density at radius 3 is 2.57 bits per heavy atom. The molecule has 1 aromatic heterocycles. The maximum atomic E-state index is 12.9. The van der Waals surface area contributed by atoms with E-state index in [2.05, 4.69) is 52.8 Å². The standard InChI is InChI=1S/C27H30N6O3S/c1-16(2)19-5-7-21(8-6-19)32-17(3)13-20(18(32)4)14-22-25(28)33-27(29-26(22)35)37-23(30-33)15-24(34)31-9-11-36-12-10-31/h5-8,13-14,16,28H,9-12,15H2,1-4H3/b22-14-,28-25?. The number of thioether (sulfide) groups is 1. The average molecular weight is 519 g/mol. The number of amides is 2. The van der Waals surface area contributed by atoms with E-state index >= 15 is 0 Å². The number of hydrazone groups is 1. The molecule has 37 heavy (non-hydrogen) atoms. The van der Waals surface area contributed by atoms with Crippen LogP contribution in [0.25, 0.3) is 11.8 Å². The Morgan fingerprint density at radius 2 is 1.89 bits per heavy atom. The third kappa shape index (κ3) is 4.91. The first kappa shape index (κ1) is 25.2. The number of nitrogens with zero attached hydrogens (tertiary/aromatic N) is 5. The van der Waals surface area contributed by atoms with Gasteiger partial charge in [0.1, 0.15) is 5.04 Å². The summed E-state index contributed by atoms with van der Waals surface area (Å²) in [5, 5.41) is 15.3. The molecule has 1 N–H and O–H groups in total. The summed E-state index contributed by atoms with van der Waals surface area (Å²) in [6, 6.07) is 10.5. The predicted molar refractivity (Wildman–Crippen MR) is 146 cm³/mol. The molecule has 9 nitrogen and oxygen atoms in total. The Bertz CT molecular complexity index is 1360. The number of morpholine rings is 1. The lowest BCUT2D eigenvalue weighted by Crippen LogP contribution is -2.41. The van der Waals surface area contributed by atoms with Crippen molar-refractivity contribution in [2.24, 2.45) is 10.1 Å². The van der Waals surface area contributed by atoms with Crippen LogP contribution in [0.15, 0.2) is 46.0 Å². The Balaban J connectivity index is 1.38. The highest BCUT2D eigenvalue weighted by molar-refractivity contribution is 8.27. The first-order valence-corrected chi connectivity index (χ1v) is 13.2. The second-order valence-electron chi connectivity index (χ2n) is 9.59. The molecule has 0 bridgehead atoms. The van der Waals surface area contributed by atoms with Crippen molar-refractivity contribution in [3.05, 3.63) is 58.4 Å². The maximum absolute atomic E-state index is 12.9. The first-order chi connectivity index (χ1) is 17.7. The van der Waals surface area contributed by atoms with Crippen LogP contribution >= 0.6 is 11.8 Å². The number of aliphatic imine (C=N–C) groups is 1. The van der Waals surface area contributed by atoms with Crippen LogP contribution in [-0.2, 0) is 14.3 Å². The van der Waals surface area contributed by atoms with Crippen LogP contribution in [0.5, 0.6) is 0 Å². The largest absolute Gasteiger partial charge is 0.378 e. The van der Waals surface area contributed by atoms with Gasteiger partial charge in [-0.05, 0) is 66.9 Å². The second-order valence-corrected chi connectivity index (χ2v) is 10.6. The molecule has 0 saturated carbocycles. The summed E-state index contributed by atoms with van der Waals surface area (Å²) in [6.07, 6.45) is 1.82. The lowest BCUT2D eigenvalue weighted by molar-refractivity contribution is -0.133. The van der Waals surface area contributed by atoms with Crippen LogP contribution in [0.3, 0.4) is 0 Å². The molecule has 2 aromatic rings. The molecule has 1 saturated heterocycles. The number of aryl methyl sites for hydroxylation is 1. The molecule has 2 amide bonds. The van der Waals surface area contributed by atoms with Crippen LogP contribution in [0, 0.1) is 19.3 Å². The van der Waals surface area contributed by atoms with E-state index in [9.17, 15) is 9.59 Å². The number of hydrogen-bond donors (Lipinski definition) is 1. The molecule has 0 unspecified atom stereocenters. The minimum Gasteiger partial charge on any atom is -0.378 e. The van der Waals surface area contributed by atoms with Crippen LogP contribution in [0.2, 0.25) is 0 Å². The van der Waals surface area contributed by atoms with Crippen LogP contribution in [0.4, 0.5) is 0 Å². The predicted octanol–water partition coefficient (Wildman–Crippen LogP) is 4.09. The van der Waals surface area contributed by atoms with Gasteiger partial charge in [-0.2, -0.15) is 15.1 Å². The number of hydrogen-bond acceptors (Lipinski definition) is 6. The summed E-state index contributed by atoms with van der Waals surface area (Å²) in [5.74, 6) is -0.106. The summed E-state index contributed by atoms with van der Waals surface area (Å²) in [6.45, 7) is 10.5. The van der Waals surface area contributed by atoms with Gasteiger partial charge in [-0.1, -0.05) is 26.0 Å². The molecular formula is C27H30N6O3S. The molecule has 0 aliphatic carbocycles. The molecule has 3 aliphatic heterocycles. The Labute approximate surface area is 220 Å². The van der Waals surface area contributed by atoms with Crippen LogP contribution in [0.1, 0.15) is 48.7 Å². The van der Waals surface area contributed by atoms with Gasteiger partial charge < -0.3 is 14.2 Å². The van der Waals surface area contributed by atoms with Crippen molar-refractivity contribution >= 4 is 45.7 Å². The van der Waals surface area contributed by atoms with E-state index in [1.165, 1.54) is 22.3 Å². The summed E-state index contributed by atoms with van der Waals surface area (Å²) >= 11 is 1.17. The Hall–Kier alpha value is -3.50. The molecular weight excluding hydrogens is 488 g/mol. The number of amidine groups is 2. The first-order valence-electron chi connectivity index (χ1n) is 12.4. The summed E-state index contributed by atoms with van der Waals surface area (Å²) in [4.78, 5) is 31.5. The summed E-state index contributed by atoms with van der Waals surface area (Å²) < 4.78 is 7.45. The number of aromatic nitrogens is 1. The van der Waals surface area contributed by atoms with E-state index in [0.717, 1.165) is 22.6 Å². The molecule has 5 rings (SSSR count). The van der Waals surface area contributed by atoms with Crippen LogP contribution < -0.4 is 0 Å². The highest BCUT2D eigenvalue weighted by Gasteiger charge is 2.36. The van der Waals surface area contributed by atoms with Gasteiger partial charge in [0.05, 0.1) is 25.2 Å². The van der Waals surface area contributed by atoms with E-state index in [1.54, 1.807) is 11.0 Å². The number of carbonyl (C=O) groups excluding carboxylic acids is 2. The van der Waals surface area contributed by atoms with Gasteiger partial charge in [-0.25, -0.2) is 0 Å². The van der Waals surface area contributed by atoms with Gasteiger partial charge in [0.25, 0.3) is 5.91 Å². The van der Waals surface area contributed by atoms with Gasteiger partial charge in [0.2, 0.25) is 11.1 Å². The third-order valence-electron chi connectivity index (χ3n) is 6.75. The lowest BCUT2D eigenvalue weighted by atomic mass is 10.0. The molecule has 0 atom stereocenters. The number of benzene rings is 1. The Morgan fingerprint density at radius 1 is 1.19 bits per heavy atom. The lowest BCUT2D eigenvalue weighted by Gasteiger charge is -2.26. The quantitative estimate of drug-likeness (QED) is 0.601. The fraction of sp³-hybridized carbons (Fsp3) is 0.370. The maximum Gasteiger partial charge on any atom is 0.283 e. The SMILES string of the molecule is Cc1cc(/C=C2/C(=N)N3N=C(CC(=O)N4CCOCC4)SC3=NC2=O)c(C)n1-c1ccc(C(C)C)cc1. The zero-order chi connectivity index (χ0) is 26.3. The van der Waals surface area contributed by atoms with Crippen molar-refractivity contribution in [1.29, 1.82) is 5.41 Å². The van der Waals surface area contributed by atoms with E-state index in [1.807, 2.05) is 19.9 Å². The van der Waals surface area contributed by atoms with Crippen LogP contribution in [-0.4, -0.2) is 68.6 Å². The third-order valence-corrected chi connectivity index (χ3v) is 7.66. The van der Waals surface area contributed by atoms with Gasteiger partial charge >= 0.3 is 0 Å². The average Bonchev–Trinajstić information content (AvgIpc) is 3.41. The number of fused-ring (bicyclic) bond motifs is 1. The molecule has 1 fully saturated rings. The minimum absolute atomic E-state index is 0.0394. The second kappa shape index (κ2) is 10.1. The van der Waals surface area contributed by atoms with Crippen molar-refractivity contribution in [3.63, 3.8) is 0 Å². The summed E-state index contributed by atoms with van der Waals surface area (Å²) in [5.41, 5.74) is 5.33. The van der Waals surface area contributed by atoms with Gasteiger partial charge in [-0.15, -0.1) is 0 Å². The van der Waals surface area contributed by atoms with E-state index in [4.69, 9.17) is 10.1 Å². The Kier molecular flexibility index (Phi) is 6.87. The minimum atomic E-state index is -0.481. The zero-order valence-corrected chi connectivity index (χ0v) is 22.3. The highest BCUT2D eigenvalue weighted by Crippen LogP contribution is 2.31. The van der Waals surface area contributed by atoms with Crippen molar-refractivity contribution in [2.45, 2.75) is 40.0 Å². The van der Waals surface area contributed by atoms with Crippen molar-refractivity contribution in [2.75, 3.05) is 26.3 Å². The fourth-order valence-electron chi connectivity index (χ4n) is 4.65. The highest BCUT2D eigenvalue weighted by atomic mass is 32.2. The molecule has 0 spiro atoms. The summed E-state index contributed by atoms with van der Waals surface area (Å²) in [7, 11) is 0. The number of carbonyl (C=O) groups is 2. The van der Waals surface area contributed by atoms with Gasteiger partial charge in [0.15, 0.2) is 5.84 Å². The molecule has 1 aromatic carbocycles. The molecule has 3 aliphatic rings. The van der Waals surface area contributed by atoms with E-state index < -0.39 is 5.91 Å². The number of nitrogens with one attached hydrogen (secondary N) is 1. The van der Waals surface area contributed by atoms with Crippen molar-refractivity contribution in [1.82, 2.24) is 14.5 Å². The van der Waals surface area contributed by atoms with E-state index in [-0.39, 0.29) is 23.7 Å². The molecule has 4 heterocycles. The molecule has 10 heteroatoms. The normalized spacial score (nSPS) is 19.0. The topological polar surface area (TPSA) is 103 Å². The van der Waals surface area contributed by atoms with Crippen molar-refractivity contribution < 1.29 is 14.3 Å². The monoisotopic (exact) mass is 518 g/mol. The van der Waals surface area contributed by atoms with Gasteiger partial charge in [0, 0.05) is 30.2 Å². The van der Waals surface area contributed by atoms with E-state index in [0.29, 0.717) is 42.4 Å².